The van der Waals surface area contributed by atoms with E-state index >= 15 is 0 Å². The Morgan fingerprint density at radius 3 is 2.53 bits per heavy atom. The number of pyridine rings is 1. The van der Waals surface area contributed by atoms with Gasteiger partial charge in [-0.25, -0.2) is 4.98 Å². The lowest BCUT2D eigenvalue weighted by Gasteiger charge is -2.10. The second-order valence-corrected chi connectivity index (χ2v) is 4.62. The number of nitrogens with zero attached hydrogens (tertiary/aromatic N) is 1. The summed E-state index contributed by atoms with van der Waals surface area (Å²) in [6.07, 6.45) is 0. The van der Waals surface area contributed by atoms with Gasteiger partial charge in [0.15, 0.2) is 0 Å². The number of aromatic nitrogens is 1. The largest absolute Gasteiger partial charge is 0.494 e. The topological polar surface area (TPSA) is 22.1 Å². The van der Waals surface area contributed by atoms with E-state index < -0.39 is 0 Å². The third-order valence-electron chi connectivity index (χ3n) is 3.04. The van der Waals surface area contributed by atoms with E-state index in [0.717, 1.165) is 27.9 Å². The second-order valence-electron chi connectivity index (χ2n) is 4.21. The Labute approximate surface area is 116 Å². The number of benzene rings is 2. The molecule has 0 atom stereocenters. The first-order valence-electron chi connectivity index (χ1n) is 5.98. The summed E-state index contributed by atoms with van der Waals surface area (Å²) in [6, 6.07) is 17.6. The molecule has 0 saturated heterocycles. The van der Waals surface area contributed by atoms with Crippen LogP contribution >= 0.6 is 11.6 Å². The van der Waals surface area contributed by atoms with E-state index in [0.29, 0.717) is 5.02 Å². The predicted molar refractivity (Wildman–Crippen MR) is 78.7 cm³/mol. The Hall–Kier alpha value is -2.06. The molecule has 19 heavy (non-hydrogen) atoms. The Bertz CT molecular complexity index is 740. The first-order valence-corrected chi connectivity index (χ1v) is 6.36. The standard InChI is InChI=1S/C16H12ClNO/c1-19-15-10-11-6-2-5-9-14(11)18-16(15)12-7-3-4-8-13(12)17/h2-10H,1H3. The third-order valence-corrected chi connectivity index (χ3v) is 3.37. The Balaban J connectivity index is 2.31. The van der Waals surface area contributed by atoms with Gasteiger partial charge < -0.3 is 4.74 Å². The number of hydrogen-bond acceptors (Lipinski definition) is 2. The lowest BCUT2D eigenvalue weighted by atomic mass is 10.1. The van der Waals surface area contributed by atoms with Crippen molar-refractivity contribution in [3.63, 3.8) is 0 Å². The van der Waals surface area contributed by atoms with Gasteiger partial charge in [-0.2, -0.15) is 0 Å². The molecule has 94 valence electrons. The van der Waals surface area contributed by atoms with Gasteiger partial charge in [0.25, 0.3) is 0 Å². The van der Waals surface area contributed by atoms with Crippen LogP contribution in [0.15, 0.2) is 54.6 Å². The van der Waals surface area contributed by atoms with Gasteiger partial charge in [-0.15, -0.1) is 0 Å². The molecular formula is C16H12ClNO. The summed E-state index contributed by atoms with van der Waals surface area (Å²) in [5, 5.41) is 1.72. The summed E-state index contributed by atoms with van der Waals surface area (Å²) in [6.45, 7) is 0. The summed E-state index contributed by atoms with van der Waals surface area (Å²) in [7, 11) is 1.64. The first-order chi connectivity index (χ1) is 9.29. The normalized spacial score (nSPS) is 10.6. The van der Waals surface area contributed by atoms with Crippen LogP contribution < -0.4 is 4.74 Å². The van der Waals surface area contributed by atoms with Crippen molar-refractivity contribution in [2.75, 3.05) is 7.11 Å². The number of ether oxygens (including phenoxy) is 1. The molecule has 0 aliphatic heterocycles. The molecule has 1 aromatic heterocycles. The molecule has 3 heteroatoms. The smallest absolute Gasteiger partial charge is 0.145 e. The fourth-order valence-corrected chi connectivity index (χ4v) is 2.32. The van der Waals surface area contributed by atoms with Gasteiger partial charge in [-0.05, 0) is 18.2 Å². The zero-order valence-electron chi connectivity index (χ0n) is 10.4. The minimum atomic E-state index is 0.670. The summed E-state index contributed by atoms with van der Waals surface area (Å²) < 4.78 is 5.44. The fourth-order valence-electron chi connectivity index (χ4n) is 2.10. The van der Waals surface area contributed by atoms with Gasteiger partial charge in [0.2, 0.25) is 0 Å². The second kappa shape index (κ2) is 4.90. The highest BCUT2D eigenvalue weighted by molar-refractivity contribution is 6.33. The van der Waals surface area contributed by atoms with Gasteiger partial charge in [0.1, 0.15) is 11.4 Å². The van der Waals surface area contributed by atoms with Gasteiger partial charge in [0, 0.05) is 10.9 Å². The van der Waals surface area contributed by atoms with E-state index in [1.165, 1.54) is 0 Å². The molecule has 0 radical (unpaired) electrons. The first kappa shape index (κ1) is 12.0. The van der Waals surface area contributed by atoms with Gasteiger partial charge >= 0.3 is 0 Å². The third kappa shape index (κ3) is 2.15. The predicted octanol–water partition coefficient (Wildman–Crippen LogP) is 4.56. The van der Waals surface area contributed by atoms with Crippen molar-refractivity contribution in [1.29, 1.82) is 0 Å². The molecule has 0 saturated carbocycles. The van der Waals surface area contributed by atoms with E-state index in [2.05, 4.69) is 4.98 Å². The van der Waals surface area contributed by atoms with Crippen molar-refractivity contribution >= 4 is 22.5 Å². The van der Waals surface area contributed by atoms with E-state index in [1.54, 1.807) is 7.11 Å². The molecule has 2 nitrogen and oxygen atoms in total. The molecule has 0 aliphatic carbocycles. The molecule has 1 heterocycles. The van der Waals surface area contributed by atoms with Crippen LogP contribution in [0.2, 0.25) is 5.02 Å². The van der Waals surface area contributed by atoms with Crippen LogP contribution in [0.1, 0.15) is 0 Å². The van der Waals surface area contributed by atoms with E-state index in [4.69, 9.17) is 16.3 Å². The maximum Gasteiger partial charge on any atom is 0.145 e. The number of fused-ring (bicyclic) bond motifs is 1. The molecule has 2 aromatic carbocycles. The van der Waals surface area contributed by atoms with Crippen molar-refractivity contribution in [1.82, 2.24) is 4.98 Å². The highest BCUT2D eigenvalue weighted by Crippen LogP contribution is 2.35. The van der Waals surface area contributed by atoms with Crippen LogP contribution in [-0.2, 0) is 0 Å². The molecule has 0 bridgehead atoms. The van der Waals surface area contributed by atoms with Crippen LogP contribution in [0.25, 0.3) is 22.2 Å². The SMILES string of the molecule is COc1cc2ccccc2nc1-c1ccccc1Cl. The summed E-state index contributed by atoms with van der Waals surface area (Å²) in [5.41, 5.74) is 2.58. The van der Waals surface area contributed by atoms with E-state index in [9.17, 15) is 0 Å². The summed E-state index contributed by atoms with van der Waals surface area (Å²) >= 11 is 6.24. The Kier molecular flexibility index (Phi) is 3.10. The van der Waals surface area contributed by atoms with Crippen molar-refractivity contribution in [2.45, 2.75) is 0 Å². The van der Waals surface area contributed by atoms with Crippen molar-refractivity contribution < 1.29 is 4.74 Å². The fraction of sp³-hybridized carbons (Fsp3) is 0.0625. The lowest BCUT2D eigenvalue weighted by molar-refractivity contribution is 0.415. The number of rotatable bonds is 2. The molecule has 3 rings (SSSR count). The summed E-state index contributed by atoms with van der Waals surface area (Å²) in [4.78, 5) is 4.67. The average molecular weight is 270 g/mol. The number of hydrogen-bond donors (Lipinski definition) is 0. The highest BCUT2D eigenvalue weighted by atomic mass is 35.5. The van der Waals surface area contributed by atoms with Gasteiger partial charge in [-0.1, -0.05) is 48.0 Å². The molecule has 0 amide bonds. The zero-order valence-corrected chi connectivity index (χ0v) is 11.2. The molecule has 0 unspecified atom stereocenters. The maximum absolute atomic E-state index is 6.24. The summed E-state index contributed by atoms with van der Waals surface area (Å²) in [5.74, 6) is 0.729. The zero-order chi connectivity index (χ0) is 13.2. The van der Waals surface area contributed by atoms with Crippen molar-refractivity contribution in [3.05, 3.63) is 59.6 Å². The van der Waals surface area contributed by atoms with Crippen molar-refractivity contribution in [2.24, 2.45) is 0 Å². The molecule has 0 N–H and O–H groups in total. The Morgan fingerprint density at radius 1 is 1.00 bits per heavy atom. The average Bonchev–Trinajstić information content (AvgIpc) is 2.46. The van der Waals surface area contributed by atoms with E-state index in [1.807, 2.05) is 54.6 Å². The van der Waals surface area contributed by atoms with Gasteiger partial charge in [-0.3, -0.25) is 0 Å². The van der Waals surface area contributed by atoms with Crippen LogP contribution in [0.5, 0.6) is 5.75 Å². The Morgan fingerprint density at radius 2 is 1.74 bits per heavy atom. The molecule has 0 aliphatic rings. The van der Waals surface area contributed by atoms with Crippen LogP contribution in [0.3, 0.4) is 0 Å². The number of halogens is 1. The quantitative estimate of drug-likeness (QED) is 0.680. The van der Waals surface area contributed by atoms with Crippen molar-refractivity contribution in [3.8, 4) is 17.0 Å². The molecular weight excluding hydrogens is 258 g/mol. The molecule has 0 spiro atoms. The monoisotopic (exact) mass is 269 g/mol. The minimum Gasteiger partial charge on any atom is -0.494 e. The van der Waals surface area contributed by atoms with Crippen LogP contribution in [0, 0.1) is 0 Å². The van der Waals surface area contributed by atoms with Crippen LogP contribution in [0.4, 0.5) is 0 Å². The van der Waals surface area contributed by atoms with Crippen LogP contribution in [-0.4, -0.2) is 12.1 Å². The highest BCUT2D eigenvalue weighted by Gasteiger charge is 2.12. The van der Waals surface area contributed by atoms with E-state index in [-0.39, 0.29) is 0 Å². The maximum atomic E-state index is 6.24. The minimum absolute atomic E-state index is 0.670. The molecule has 3 aromatic rings. The molecule has 0 fully saturated rings. The number of para-hydroxylation sites is 1. The lowest BCUT2D eigenvalue weighted by Crippen LogP contribution is -1.93. The van der Waals surface area contributed by atoms with Gasteiger partial charge in [0.05, 0.1) is 17.6 Å². The number of methoxy groups -OCH3 is 1.